The van der Waals surface area contributed by atoms with Gasteiger partial charge in [-0.15, -0.1) is 0 Å². The van der Waals surface area contributed by atoms with Crippen molar-refractivity contribution in [2.24, 2.45) is 0 Å². The van der Waals surface area contributed by atoms with Crippen molar-refractivity contribution in [1.29, 1.82) is 0 Å². The molecule has 5 nitrogen and oxygen atoms in total. The summed E-state index contributed by atoms with van der Waals surface area (Å²) >= 11 is 0. The molecule has 1 saturated heterocycles. The Morgan fingerprint density at radius 2 is 1.67 bits per heavy atom. The normalized spacial score (nSPS) is 16.0. The van der Waals surface area contributed by atoms with Gasteiger partial charge in [-0.05, 0) is 17.7 Å². The van der Waals surface area contributed by atoms with Gasteiger partial charge in [-0.3, -0.25) is 19.6 Å². The second-order valence-electron chi connectivity index (χ2n) is 6.14. The first kappa shape index (κ1) is 16.6. The zero-order valence-corrected chi connectivity index (χ0v) is 13.9. The molecule has 5 heteroatoms. The van der Waals surface area contributed by atoms with Crippen LogP contribution in [0.4, 0.5) is 0 Å². The summed E-state index contributed by atoms with van der Waals surface area (Å²) in [7, 11) is 0. The Morgan fingerprint density at radius 3 is 2.38 bits per heavy atom. The van der Waals surface area contributed by atoms with E-state index < -0.39 is 0 Å². The van der Waals surface area contributed by atoms with Crippen LogP contribution in [0.5, 0.6) is 0 Å². The summed E-state index contributed by atoms with van der Waals surface area (Å²) in [5.41, 5.74) is 2.23. The molecule has 1 aromatic heterocycles. The van der Waals surface area contributed by atoms with Crippen LogP contribution in [-0.2, 0) is 17.9 Å². The molecule has 1 N–H and O–H groups in total. The first-order valence-corrected chi connectivity index (χ1v) is 8.45. The average Bonchev–Trinajstić information content (AvgIpc) is 2.63. The highest BCUT2D eigenvalue weighted by Crippen LogP contribution is 2.08. The predicted octanol–water partition coefficient (Wildman–Crippen LogP) is 1.52. The van der Waals surface area contributed by atoms with E-state index in [4.69, 9.17) is 0 Å². The van der Waals surface area contributed by atoms with Crippen LogP contribution in [-0.4, -0.2) is 53.4 Å². The van der Waals surface area contributed by atoms with E-state index in [1.807, 2.05) is 24.3 Å². The van der Waals surface area contributed by atoms with Gasteiger partial charge in [-0.1, -0.05) is 36.4 Å². The Bertz CT molecular complexity index is 624. The molecule has 1 aliphatic rings. The minimum Gasteiger partial charge on any atom is -0.349 e. The van der Waals surface area contributed by atoms with Crippen LogP contribution in [0.15, 0.2) is 54.7 Å². The van der Waals surface area contributed by atoms with Crippen LogP contribution in [0.25, 0.3) is 0 Å². The molecule has 24 heavy (non-hydrogen) atoms. The lowest BCUT2D eigenvalue weighted by Crippen LogP contribution is -2.49. The first-order valence-electron chi connectivity index (χ1n) is 8.45. The third-order valence-electron chi connectivity index (χ3n) is 4.27. The summed E-state index contributed by atoms with van der Waals surface area (Å²) < 4.78 is 0. The SMILES string of the molecule is O=C(CN1CCN(Cc2ccccc2)CC1)NCc1ccccn1. The van der Waals surface area contributed by atoms with Gasteiger partial charge in [0.15, 0.2) is 0 Å². The minimum absolute atomic E-state index is 0.0668. The number of piperazine rings is 1. The van der Waals surface area contributed by atoms with Crippen molar-refractivity contribution < 1.29 is 4.79 Å². The molecule has 1 aromatic carbocycles. The van der Waals surface area contributed by atoms with E-state index in [0.717, 1.165) is 38.4 Å². The standard InChI is InChI=1S/C19H24N4O/c24-19(21-14-18-8-4-5-9-20-18)16-23-12-10-22(11-13-23)15-17-6-2-1-3-7-17/h1-9H,10-16H2,(H,21,24). The number of hydrogen-bond acceptors (Lipinski definition) is 4. The minimum atomic E-state index is 0.0668. The van der Waals surface area contributed by atoms with Crippen molar-refractivity contribution >= 4 is 5.91 Å². The highest BCUT2D eigenvalue weighted by molar-refractivity contribution is 5.77. The topological polar surface area (TPSA) is 48.5 Å². The fourth-order valence-corrected chi connectivity index (χ4v) is 2.90. The van der Waals surface area contributed by atoms with Crippen molar-refractivity contribution in [1.82, 2.24) is 20.1 Å². The molecule has 0 aliphatic carbocycles. The van der Waals surface area contributed by atoms with E-state index in [1.165, 1.54) is 5.56 Å². The molecule has 0 saturated carbocycles. The van der Waals surface area contributed by atoms with Gasteiger partial charge < -0.3 is 5.32 Å². The molecule has 0 radical (unpaired) electrons. The number of aromatic nitrogens is 1. The van der Waals surface area contributed by atoms with Crippen LogP contribution >= 0.6 is 0 Å². The molecule has 2 aromatic rings. The molecule has 1 aliphatic heterocycles. The lowest BCUT2D eigenvalue weighted by molar-refractivity contribution is -0.122. The van der Waals surface area contributed by atoms with E-state index in [9.17, 15) is 4.79 Å². The summed E-state index contributed by atoms with van der Waals surface area (Å²) in [5, 5.41) is 2.94. The number of nitrogens with zero attached hydrogens (tertiary/aromatic N) is 3. The number of benzene rings is 1. The van der Waals surface area contributed by atoms with Gasteiger partial charge >= 0.3 is 0 Å². The van der Waals surface area contributed by atoms with Gasteiger partial charge in [0.2, 0.25) is 5.91 Å². The summed E-state index contributed by atoms with van der Waals surface area (Å²) in [4.78, 5) is 20.9. The Morgan fingerprint density at radius 1 is 0.958 bits per heavy atom. The van der Waals surface area contributed by atoms with Crippen LogP contribution in [0, 0.1) is 0 Å². The molecule has 0 unspecified atom stereocenters. The monoisotopic (exact) mass is 324 g/mol. The van der Waals surface area contributed by atoms with Gasteiger partial charge in [0.05, 0.1) is 18.8 Å². The van der Waals surface area contributed by atoms with E-state index in [2.05, 4.69) is 44.4 Å². The molecular formula is C19H24N4O. The molecule has 0 atom stereocenters. The average molecular weight is 324 g/mol. The maximum absolute atomic E-state index is 12.1. The van der Waals surface area contributed by atoms with Crippen LogP contribution in [0.2, 0.25) is 0 Å². The number of carbonyl (C=O) groups is 1. The molecular weight excluding hydrogens is 300 g/mol. The van der Waals surface area contributed by atoms with Gasteiger partial charge in [-0.25, -0.2) is 0 Å². The molecule has 0 spiro atoms. The van der Waals surface area contributed by atoms with Crippen LogP contribution < -0.4 is 5.32 Å². The largest absolute Gasteiger partial charge is 0.349 e. The van der Waals surface area contributed by atoms with Gasteiger partial charge in [-0.2, -0.15) is 0 Å². The molecule has 126 valence electrons. The smallest absolute Gasteiger partial charge is 0.234 e. The quantitative estimate of drug-likeness (QED) is 0.875. The summed E-state index contributed by atoms with van der Waals surface area (Å²) in [6.45, 7) is 5.82. The van der Waals surface area contributed by atoms with Crippen molar-refractivity contribution in [2.45, 2.75) is 13.1 Å². The fourth-order valence-electron chi connectivity index (χ4n) is 2.90. The molecule has 0 bridgehead atoms. The van der Waals surface area contributed by atoms with E-state index in [-0.39, 0.29) is 5.91 Å². The van der Waals surface area contributed by atoms with Gasteiger partial charge in [0.25, 0.3) is 0 Å². The molecule has 3 rings (SSSR count). The second kappa shape index (κ2) is 8.57. The van der Waals surface area contributed by atoms with E-state index in [0.29, 0.717) is 13.1 Å². The third kappa shape index (κ3) is 5.15. The predicted molar refractivity (Wildman–Crippen MR) is 94.2 cm³/mol. The Kier molecular flexibility index (Phi) is 5.93. The van der Waals surface area contributed by atoms with Crippen LogP contribution in [0.3, 0.4) is 0 Å². The highest BCUT2D eigenvalue weighted by Gasteiger charge is 2.18. The van der Waals surface area contributed by atoms with Crippen molar-refractivity contribution in [3.63, 3.8) is 0 Å². The third-order valence-corrected chi connectivity index (χ3v) is 4.27. The Balaban J connectivity index is 1.36. The van der Waals surface area contributed by atoms with Crippen molar-refractivity contribution in [2.75, 3.05) is 32.7 Å². The lowest BCUT2D eigenvalue weighted by atomic mass is 10.2. The molecule has 1 fully saturated rings. The summed E-state index contributed by atoms with van der Waals surface area (Å²) in [6, 6.07) is 16.3. The fraction of sp³-hybridized carbons (Fsp3) is 0.368. The molecule has 1 amide bonds. The van der Waals surface area contributed by atoms with Gasteiger partial charge in [0.1, 0.15) is 0 Å². The Hall–Kier alpha value is -2.24. The van der Waals surface area contributed by atoms with E-state index >= 15 is 0 Å². The summed E-state index contributed by atoms with van der Waals surface area (Å²) in [5.74, 6) is 0.0668. The number of amides is 1. The molecule has 2 heterocycles. The highest BCUT2D eigenvalue weighted by atomic mass is 16.2. The number of carbonyl (C=O) groups excluding carboxylic acids is 1. The van der Waals surface area contributed by atoms with Crippen molar-refractivity contribution in [3.05, 3.63) is 66.0 Å². The first-order chi connectivity index (χ1) is 11.8. The Labute approximate surface area is 143 Å². The zero-order chi connectivity index (χ0) is 16.6. The number of nitrogens with one attached hydrogen (secondary N) is 1. The maximum atomic E-state index is 12.1. The summed E-state index contributed by atoms with van der Waals surface area (Å²) in [6.07, 6.45) is 1.74. The van der Waals surface area contributed by atoms with Crippen LogP contribution in [0.1, 0.15) is 11.3 Å². The second-order valence-corrected chi connectivity index (χ2v) is 6.14. The van der Waals surface area contributed by atoms with Crippen molar-refractivity contribution in [3.8, 4) is 0 Å². The number of rotatable bonds is 6. The zero-order valence-electron chi connectivity index (χ0n) is 13.9. The number of hydrogen-bond donors (Lipinski definition) is 1. The van der Waals surface area contributed by atoms with E-state index in [1.54, 1.807) is 6.20 Å². The lowest BCUT2D eigenvalue weighted by Gasteiger charge is -2.34. The number of pyridine rings is 1. The maximum Gasteiger partial charge on any atom is 0.234 e. The van der Waals surface area contributed by atoms with Gasteiger partial charge in [0, 0.05) is 38.9 Å².